The molecule has 19 heavy (non-hydrogen) atoms. The van der Waals surface area contributed by atoms with E-state index >= 15 is 0 Å². The molecule has 0 spiro atoms. The van der Waals surface area contributed by atoms with Gasteiger partial charge in [0.15, 0.2) is 0 Å². The number of rotatable bonds is 7. The van der Waals surface area contributed by atoms with Crippen molar-refractivity contribution < 1.29 is 14.7 Å². The summed E-state index contributed by atoms with van der Waals surface area (Å²) in [6, 6.07) is 6.89. The monoisotopic (exact) mass is 261 g/mol. The van der Waals surface area contributed by atoms with E-state index in [1.807, 2.05) is 0 Å². The van der Waals surface area contributed by atoms with Crippen molar-refractivity contribution in [3.05, 3.63) is 41.5 Å². The Labute approximate surface area is 113 Å². The SMILES string of the molecule is CCCCCNC(=O)c1cccc(C=CC(=O)O)c1. The van der Waals surface area contributed by atoms with Gasteiger partial charge in [-0.1, -0.05) is 31.9 Å². The second kappa shape index (κ2) is 8.08. The lowest BCUT2D eigenvalue weighted by Gasteiger charge is -2.05. The Morgan fingerprint density at radius 2 is 2.11 bits per heavy atom. The lowest BCUT2D eigenvalue weighted by Crippen LogP contribution is -2.24. The maximum atomic E-state index is 11.8. The van der Waals surface area contributed by atoms with Crippen molar-refractivity contribution in [2.24, 2.45) is 0 Å². The smallest absolute Gasteiger partial charge is 0.328 e. The summed E-state index contributed by atoms with van der Waals surface area (Å²) in [5.74, 6) is -1.13. The minimum Gasteiger partial charge on any atom is -0.478 e. The van der Waals surface area contributed by atoms with Crippen LogP contribution in [0.5, 0.6) is 0 Å². The van der Waals surface area contributed by atoms with Crippen molar-refractivity contribution in [3.8, 4) is 0 Å². The van der Waals surface area contributed by atoms with Crippen molar-refractivity contribution in [2.45, 2.75) is 26.2 Å². The lowest BCUT2D eigenvalue weighted by atomic mass is 10.1. The van der Waals surface area contributed by atoms with Gasteiger partial charge in [-0.2, -0.15) is 0 Å². The minimum atomic E-state index is -1.01. The van der Waals surface area contributed by atoms with E-state index in [1.165, 1.54) is 6.08 Å². The fourth-order valence-corrected chi connectivity index (χ4v) is 1.63. The molecule has 4 nitrogen and oxygen atoms in total. The van der Waals surface area contributed by atoms with E-state index in [1.54, 1.807) is 24.3 Å². The van der Waals surface area contributed by atoms with Crippen molar-refractivity contribution in [3.63, 3.8) is 0 Å². The Morgan fingerprint density at radius 3 is 2.79 bits per heavy atom. The fourth-order valence-electron chi connectivity index (χ4n) is 1.63. The molecule has 0 saturated heterocycles. The van der Waals surface area contributed by atoms with E-state index in [4.69, 9.17) is 5.11 Å². The summed E-state index contributed by atoms with van der Waals surface area (Å²) in [5, 5.41) is 11.4. The third-order valence-electron chi connectivity index (χ3n) is 2.63. The summed E-state index contributed by atoms with van der Waals surface area (Å²) in [5.41, 5.74) is 1.24. The molecule has 0 aromatic heterocycles. The Balaban J connectivity index is 2.60. The molecule has 1 rings (SSSR count). The van der Waals surface area contributed by atoms with Crippen LogP contribution in [-0.2, 0) is 4.79 Å². The van der Waals surface area contributed by atoms with E-state index in [-0.39, 0.29) is 5.91 Å². The molecule has 4 heteroatoms. The first-order valence-electron chi connectivity index (χ1n) is 6.42. The van der Waals surface area contributed by atoms with E-state index in [9.17, 15) is 9.59 Å². The standard InChI is InChI=1S/C15H19NO3/c1-2-3-4-10-16-15(19)13-7-5-6-12(11-13)8-9-14(17)18/h5-9,11H,2-4,10H2,1H3,(H,16,19)(H,17,18). The van der Waals surface area contributed by atoms with Crippen molar-refractivity contribution >= 4 is 18.0 Å². The third-order valence-corrected chi connectivity index (χ3v) is 2.63. The van der Waals surface area contributed by atoms with Crippen LogP contribution < -0.4 is 5.32 Å². The van der Waals surface area contributed by atoms with E-state index in [0.29, 0.717) is 17.7 Å². The zero-order valence-corrected chi connectivity index (χ0v) is 11.1. The van der Waals surface area contributed by atoms with Crippen LogP contribution in [-0.4, -0.2) is 23.5 Å². The molecule has 0 heterocycles. The average molecular weight is 261 g/mol. The zero-order chi connectivity index (χ0) is 14.1. The van der Waals surface area contributed by atoms with E-state index < -0.39 is 5.97 Å². The summed E-state index contributed by atoms with van der Waals surface area (Å²) in [6.45, 7) is 2.78. The Bertz CT molecular complexity index is 466. The van der Waals surface area contributed by atoms with Gasteiger partial charge in [-0.3, -0.25) is 4.79 Å². The molecule has 0 atom stereocenters. The van der Waals surface area contributed by atoms with Crippen LogP contribution in [0.1, 0.15) is 42.1 Å². The molecule has 0 unspecified atom stereocenters. The van der Waals surface area contributed by atoms with Gasteiger partial charge in [-0.25, -0.2) is 4.79 Å². The number of aliphatic carboxylic acids is 1. The predicted octanol–water partition coefficient (Wildman–Crippen LogP) is 2.70. The van der Waals surface area contributed by atoms with Crippen LogP contribution in [0.2, 0.25) is 0 Å². The molecule has 0 aliphatic heterocycles. The van der Waals surface area contributed by atoms with Crippen molar-refractivity contribution in [1.29, 1.82) is 0 Å². The molecular weight excluding hydrogens is 242 g/mol. The maximum absolute atomic E-state index is 11.8. The first-order chi connectivity index (χ1) is 9.13. The highest BCUT2D eigenvalue weighted by molar-refractivity contribution is 5.95. The molecule has 2 N–H and O–H groups in total. The van der Waals surface area contributed by atoms with Crippen LogP contribution in [0, 0.1) is 0 Å². The Kier molecular flexibility index (Phi) is 6.36. The number of nitrogens with one attached hydrogen (secondary N) is 1. The largest absolute Gasteiger partial charge is 0.478 e. The third kappa shape index (κ3) is 5.86. The Hall–Kier alpha value is -2.10. The number of unbranched alkanes of at least 4 members (excludes halogenated alkanes) is 2. The number of carboxylic acids is 1. The molecular formula is C15H19NO3. The molecule has 1 aromatic carbocycles. The summed E-state index contributed by atoms with van der Waals surface area (Å²) in [6.07, 6.45) is 5.71. The van der Waals surface area contributed by atoms with Crippen LogP contribution in [0.3, 0.4) is 0 Å². The fraction of sp³-hybridized carbons (Fsp3) is 0.333. The summed E-state index contributed by atoms with van der Waals surface area (Å²) >= 11 is 0. The minimum absolute atomic E-state index is 0.123. The number of hydrogen-bond donors (Lipinski definition) is 2. The number of carboxylic acid groups (broad SMARTS) is 1. The maximum Gasteiger partial charge on any atom is 0.328 e. The van der Waals surface area contributed by atoms with Gasteiger partial charge >= 0.3 is 5.97 Å². The van der Waals surface area contributed by atoms with Crippen molar-refractivity contribution in [2.75, 3.05) is 6.54 Å². The molecule has 1 aromatic rings. The number of amides is 1. The second-order valence-electron chi connectivity index (χ2n) is 4.26. The van der Waals surface area contributed by atoms with Crippen molar-refractivity contribution in [1.82, 2.24) is 5.32 Å². The van der Waals surface area contributed by atoms with Gasteiger partial charge in [0, 0.05) is 18.2 Å². The molecule has 0 aliphatic carbocycles. The molecule has 0 aliphatic rings. The van der Waals surface area contributed by atoms with Gasteiger partial charge in [0.1, 0.15) is 0 Å². The molecule has 0 saturated carbocycles. The highest BCUT2D eigenvalue weighted by Gasteiger charge is 2.04. The highest BCUT2D eigenvalue weighted by atomic mass is 16.4. The van der Waals surface area contributed by atoms with Gasteiger partial charge in [-0.15, -0.1) is 0 Å². The molecule has 0 fully saturated rings. The zero-order valence-electron chi connectivity index (χ0n) is 11.1. The highest BCUT2D eigenvalue weighted by Crippen LogP contribution is 2.07. The van der Waals surface area contributed by atoms with Gasteiger partial charge in [-0.05, 0) is 30.2 Å². The molecule has 1 amide bonds. The number of carbonyl (C=O) groups excluding carboxylic acids is 1. The average Bonchev–Trinajstić information content (AvgIpc) is 2.41. The van der Waals surface area contributed by atoms with Crippen LogP contribution in [0.15, 0.2) is 30.3 Å². The predicted molar refractivity (Wildman–Crippen MR) is 75.0 cm³/mol. The van der Waals surface area contributed by atoms with Gasteiger partial charge in [0.2, 0.25) is 0 Å². The van der Waals surface area contributed by atoms with Crippen LogP contribution >= 0.6 is 0 Å². The number of carbonyl (C=O) groups is 2. The van der Waals surface area contributed by atoms with Gasteiger partial charge < -0.3 is 10.4 Å². The van der Waals surface area contributed by atoms with Crippen LogP contribution in [0.4, 0.5) is 0 Å². The normalized spacial score (nSPS) is 10.6. The lowest BCUT2D eigenvalue weighted by molar-refractivity contribution is -0.131. The second-order valence-corrected chi connectivity index (χ2v) is 4.26. The number of hydrogen-bond acceptors (Lipinski definition) is 2. The summed E-state index contributed by atoms with van der Waals surface area (Å²) in [7, 11) is 0. The van der Waals surface area contributed by atoms with E-state index in [0.717, 1.165) is 25.3 Å². The first-order valence-corrected chi connectivity index (χ1v) is 6.42. The molecule has 0 radical (unpaired) electrons. The molecule has 0 bridgehead atoms. The van der Waals surface area contributed by atoms with Crippen LogP contribution in [0.25, 0.3) is 6.08 Å². The quantitative estimate of drug-likeness (QED) is 0.586. The summed E-state index contributed by atoms with van der Waals surface area (Å²) in [4.78, 5) is 22.3. The topological polar surface area (TPSA) is 66.4 Å². The number of benzene rings is 1. The van der Waals surface area contributed by atoms with Gasteiger partial charge in [0.25, 0.3) is 5.91 Å². The van der Waals surface area contributed by atoms with E-state index in [2.05, 4.69) is 12.2 Å². The first kappa shape index (κ1) is 15.0. The molecule has 102 valence electrons. The van der Waals surface area contributed by atoms with Gasteiger partial charge in [0.05, 0.1) is 0 Å². The Morgan fingerprint density at radius 1 is 1.32 bits per heavy atom. The summed E-state index contributed by atoms with van der Waals surface area (Å²) < 4.78 is 0.